The molecule has 2 aliphatic heterocycles. The van der Waals surface area contributed by atoms with Crippen molar-refractivity contribution in [2.24, 2.45) is 5.10 Å². The van der Waals surface area contributed by atoms with Crippen molar-refractivity contribution in [3.05, 3.63) is 65.7 Å². The van der Waals surface area contributed by atoms with Gasteiger partial charge < -0.3 is 4.74 Å². The number of carbonyl (C=O) groups excluding carboxylic acids is 1. The van der Waals surface area contributed by atoms with Gasteiger partial charge in [0.15, 0.2) is 0 Å². The average Bonchev–Trinajstić information content (AvgIpc) is 3.09. The molecule has 0 radical (unpaired) electrons. The summed E-state index contributed by atoms with van der Waals surface area (Å²) < 4.78 is 6.43. The van der Waals surface area contributed by atoms with Gasteiger partial charge in [-0.3, -0.25) is 4.79 Å². The molecule has 1 aliphatic carbocycles. The first-order chi connectivity index (χ1) is 12.3. The zero-order valence-electron chi connectivity index (χ0n) is 14.0. The number of fused-ring (bicyclic) bond motifs is 4. The second kappa shape index (κ2) is 5.45. The molecule has 3 aliphatic rings. The third kappa shape index (κ3) is 2.28. The molecule has 2 atom stereocenters. The van der Waals surface area contributed by atoms with Crippen molar-refractivity contribution in [1.29, 1.82) is 0 Å². The van der Waals surface area contributed by atoms with Crippen LogP contribution in [0.4, 0.5) is 0 Å². The smallest absolute Gasteiger partial charge is 0.205 e. The van der Waals surface area contributed by atoms with Crippen molar-refractivity contribution in [2.45, 2.75) is 43.9 Å². The van der Waals surface area contributed by atoms with Gasteiger partial charge in [0.05, 0.1) is 18.2 Å². The number of hydrazone groups is 1. The Morgan fingerprint density at radius 2 is 1.88 bits per heavy atom. The molecule has 0 aromatic heterocycles. The lowest BCUT2D eigenvalue weighted by Gasteiger charge is -2.49. The fourth-order valence-electron chi connectivity index (χ4n) is 4.36. The normalized spacial score (nSPS) is 27.5. The number of hydrogen-bond acceptors (Lipinski definition) is 4. The highest BCUT2D eigenvalue weighted by molar-refractivity contribution is 6.02. The van der Waals surface area contributed by atoms with Crippen LogP contribution in [0.1, 0.15) is 49.3 Å². The van der Waals surface area contributed by atoms with Crippen LogP contribution in [0.2, 0.25) is 0 Å². The standard InChI is InChI=1S/C21H20N2O2/c24-16-9-6-12-21(14-16)23-19(17-10-4-5-11-20(17)25-21)13-18(22-23)15-7-2-1-3-8-15/h1-5,7-8,10-11,19H,6,9,12-14H2. The van der Waals surface area contributed by atoms with Gasteiger partial charge in [0.1, 0.15) is 11.5 Å². The number of Topliss-reactive ketones (excluding diaryl/α,β-unsaturated/α-hetero) is 1. The fourth-order valence-corrected chi connectivity index (χ4v) is 4.36. The summed E-state index contributed by atoms with van der Waals surface area (Å²) in [5.74, 6) is 1.18. The molecule has 1 saturated carbocycles. The number of rotatable bonds is 1. The molecular formula is C21H20N2O2. The number of ketones is 1. The van der Waals surface area contributed by atoms with E-state index in [1.165, 1.54) is 5.56 Å². The van der Waals surface area contributed by atoms with Crippen LogP contribution in [0.25, 0.3) is 0 Å². The van der Waals surface area contributed by atoms with Crippen LogP contribution in [0.3, 0.4) is 0 Å². The molecule has 2 unspecified atom stereocenters. The van der Waals surface area contributed by atoms with Crippen LogP contribution in [0.15, 0.2) is 59.7 Å². The zero-order valence-corrected chi connectivity index (χ0v) is 14.0. The molecule has 126 valence electrons. The molecule has 0 N–H and O–H groups in total. The van der Waals surface area contributed by atoms with Crippen LogP contribution >= 0.6 is 0 Å². The Kier molecular flexibility index (Phi) is 3.20. The van der Waals surface area contributed by atoms with E-state index in [0.717, 1.165) is 36.3 Å². The summed E-state index contributed by atoms with van der Waals surface area (Å²) in [6.07, 6.45) is 3.62. The summed E-state index contributed by atoms with van der Waals surface area (Å²) in [7, 11) is 0. The molecule has 2 aromatic carbocycles. The summed E-state index contributed by atoms with van der Waals surface area (Å²) in [6, 6.07) is 18.6. The first-order valence-electron chi connectivity index (χ1n) is 8.97. The van der Waals surface area contributed by atoms with Gasteiger partial charge in [-0.1, -0.05) is 48.5 Å². The summed E-state index contributed by atoms with van der Waals surface area (Å²) in [4.78, 5) is 12.2. The van der Waals surface area contributed by atoms with Crippen LogP contribution in [0.5, 0.6) is 5.75 Å². The molecule has 4 nitrogen and oxygen atoms in total. The topological polar surface area (TPSA) is 41.9 Å². The van der Waals surface area contributed by atoms with Crippen LogP contribution in [0, 0.1) is 0 Å². The number of hydrogen-bond donors (Lipinski definition) is 0. The highest BCUT2D eigenvalue weighted by Crippen LogP contribution is 2.50. The average molecular weight is 332 g/mol. The molecule has 1 fully saturated rings. The van der Waals surface area contributed by atoms with Gasteiger partial charge in [0.25, 0.3) is 0 Å². The van der Waals surface area contributed by atoms with Gasteiger partial charge in [0, 0.05) is 24.8 Å². The van der Waals surface area contributed by atoms with Crippen LogP contribution < -0.4 is 4.74 Å². The highest BCUT2D eigenvalue weighted by Gasteiger charge is 2.52. The van der Waals surface area contributed by atoms with E-state index in [-0.39, 0.29) is 11.8 Å². The van der Waals surface area contributed by atoms with Gasteiger partial charge in [0.2, 0.25) is 5.72 Å². The minimum atomic E-state index is -0.620. The quantitative estimate of drug-likeness (QED) is 0.790. The number of para-hydroxylation sites is 1. The second-order valence-corrected chi connectivity index (χ2v) is 7.13. The summed E-state index contributed by atoms with van der Waals surface area (Å²) in [6.45, 7) is 0. The maximum atomic E-state index is 12.2. The molecule has 2 heterocycles. The SMILES string of the molecule is O=C1CCCC2(C1)Oc1ccccc1C1CC(c3ccccc3)=NN12. The molecule has 5 rings (SSSR count). The molecule has 1 spiro atoms. The van der Waals surface area contributed by atoms with E-state index in [4.69, 9.17) is 9.84 Å². The number of benzene rings is 2. The van der Waals surface area contributed by atoms with Gasteiger partial charge in [-0.2, -0.15) is 5.10 Å². The second-order valence-electron chi connectivity index (χ2n) is 7.13. The Morgan fingerprint density at radius 3 is 2.72 bits per heavy atom. The Balaban J connectivity index is 1.62. The molecule has 4 heteroatoms. The van der Waals surface area contributed by atoms with E-state index in [0.29, 0.717) is 12.8 Å². The Hall–Kier alpha value is -2.62. The summed E-state index contributed by atoms with van der Waals surface area (Å²) >= 11 is 0. The summed E-state index contributed by atoms with van der Waals surface area (Å²) in [5.41, 5.74) is 2.76. The maximum absolute atomic E-state index is 12.2. The van der Waals surface area contributed by atoms with Crippen molar-refractivity contribution in [2.75, 3.05) is 0 Å². The molecule has 2 aromatic rings. The third-order valence-corrected chi connectivity index (χ3v) is 5.51. The van der Waals surface area contributed by atoms with E-state index in [1.54, 1.807) is 0 Å². The van der Waals surface area contributed by atoms with Gasteiger partial charge in [-0.15, -0.1) is 0 Å². The third-order valence-electron chi connectivity index (χ3n) is 5.51. The number of carbonyl (C=O) groups is 1. The lowest BCUT2D eigenvalue weighted by Crippen LogP contribution is -2.56. The van der Waals surface area contributed by atoms with Gasteiger partial charge in [-0.25, -0.2) is 5.01 Å². The predicted octanol–water partition coefficient (Wildman–Crippen LogP) is 4.07. The highest BCUT2D eigenvalue weighted by atomic mass is 16.5. The molecule has 25 heavy (non-hydrogen) atoms. The predicted molar refractivity (Wildman–Crippen MR) is 95.5 cm³/mol. The minimum absolute atomic E-state index is 0.144. The molecule has 0 amide bonds. The number of ether oxygens (including phenoxy) is 1. The van der Waals surface area contributed by atoms with Crippen molar-refractivity contribution in [3.8, 4) is 5.75 Å². The Morgan fingerprint density at radius 1 is 1.08 bits per heavy atom. The molecule has 0 saturated heterocycles. The van der Waals surface area contributed by atoms with Crippen molar-refractivity contribution in [3.63, 3.8) is 0 Å². The lowest BCUT2D eigenvalue weighted by molar-refractivity contribution is -0.156. The Bertz CT molecular complexity index is 861. The van der Waals surface area contributed by atoms with Gasteiger partial charge >= 0.3 is 0 Å². The van der Waals surface area contributed by atoms with E-state index < -0.39 is 5.72 Å². The zero-order chi connectivity index (χ0) is 16.9. The summed E-state index contributed by atoms with van der Waals surface area (Å²) in [5, 5.41) is 7.06. The first-order valence-corrected chi connectivity index (χ1v) is 8.97. The van der Waals surface area contributed by atoms with E-state index in [2.05, 4.69) is 23.2 Å². The Labute approximate surface area is 147 Å². The van der Waals surface area contributed by atoms with Crippen LogP contribution in [-0.4, -0.2) is 22.2 Å². The van der Waals surface area contributed by atoms with Crippen molar-refractivity contribution < 1.29 is 9.53 Å². The monoisotopic (exact) mass is 332 g/mol. The number of nitrogens with zero attached hydrogens (tertiary/aromatic N) is 2. The van der Waals surface area contributed by atoms with Gasteiger partial charge in [-0.05, 0) is 18.1 Å². The van der Waals surface area contributed by atoms with Crippen molar-refractivity contribution >= 4 is 11.5 Å². The van der Waals surface area contributed by atoms with E-state index in [1.807, 2.05) is 36.4 Å². The van der Waals surface area contributed by atoms with Crippen LogP contribution in [-0.2, 0) is 4.79 Å². The molecule has 0 bridgehead atoms. The van der Waals surface area contributed by atoms with E-state index >= 15 is 0 Å². The van der Waals surface area contributed by atoms with E-state index in [9.17, 15) is 4.79 Å². The first kappa shape index (κ1) is 14.7. The fraction of sp³-hybridized carbons (Fsp3) is 0.333. The van der Waals surface area contributed by atoms with Crippen molar-refractivity contribution in [1.82, 2.24) is 5.01 Å². The minimum Gasteiger partial charge on any atom is -0.466 e. The largest absolute Gasteiger partial charge is 0.466 e. The maximum Gasteiger partial charge on any atom is 0.205 e. The lowest BCUT2D eigenvalue weighted by atomic mass is 9.86. The molecular weight excluding hydrogens is 312 g/mol.